The summed E-state index contributed by atoms with van der Waals surface area (Å²) in [5, 5.41) is 9.06. The van der Waals surface area contributed by atoms with Gasteiger partial charge in [-0.2, -0.15) is 13.2 Å². The Hall–Kier alpha value is -2.04. The molecule has 0 saturated heterocycles. The van der Waals surface area contributed by atoms with Crippen molar-refractivity contribution in [1.82, 2.24) is 9.88 Å². The topological polar surface area (TPSA) is 58.7 Å². The van der Waals surface area contributed by atoms with Gasteiger partial charge in [0.15, 0.2) is 11.6 Å². The summed E-state index contributed by atoms with van der Waals surface area (Å²) in [6.45, 7) is -1.19. The molecule has 1 heterocycles. The summed E-state index contributed by atoms with van der Waals surface area (Å²) in [6, 6.07) is 3.20. The third-order valence-electron chi connectivity index (χ3n) is 3.34. The van der Waals surface area contributed by atoms with E-state index in [0.717, 1.165) is 12.1 Å². The quantitative estimate of drug-likeness (QED) is 0.535. The molecule has 26 heavy (non-hydrogen) atoms. The fraction of sp³-hybridized carbons (Fsp3) is 0.438. The smallest absolute Gasteiger partial charge is 0.411 e. The number of aliphatic hydroxyl groups is 1. The SMILES string of the molecule is OCCN(CCOCC(F)(F)F)Cc1coc(-c2ccc(F)c(F)c2)n1. The van der Waals surface area contributed by atoms with Gasteiger partial charge >= 0.3 is 6.18 Å². The predicted octanol–water partition coefficient (Wildman–Crippen LogP) is 2.99. The Kier molecular flexibility index (Phi) is 7.06. The van der Waals surface area contributed by atoms with E-state index in [4.69, 9.17) is 9.52 Å². The summed E-state index contributed by atoms with van der Waals surface area (Å²) in [6.07, 6.45) is -3.09. The fourth-order valence-electron chi connectivity index (χ4n) is 2.16. The van der Waals surface area contributed by atoms with Crippen LogP contribution in [0.5, 0.6) is 0 Å². The van der Waals surface area contributed by atoms with Gasteiger partial charge in [0, 0.05) is 25.2 Å². The number of nitrogens with zero attached hydrogens (tertiary/aromatic N) is 2. The van der Waals surface area contributed by atoms with Crippen LogP contribution in [0.1, 0.15) is 5.69 Å². The third-order valence-corrected chi connectivity index (χ3v) is 3.34. The number of oxazole rings is 1. The average Bonchev–Trinajstić information content (AvgIpc) is 3.02. The van der Waals surface area contributed by atoms with Crippen molar-refractivity contribution < 1.29 is 36.2 Å². The molecule has 144 valence electrons. The summed E-state index contributed by atoms with van der Waals surface area (Å²) >= 11 is 0. The number of aliphatic hydroxyl groups excluding tert-OH is 1. The molecule has 0 spiro atoms. The van der Waals surface area contributed by atoms with Crippen LogP contribution < -0.4 is 0 Å². The van der Waals surface area contributed by atoms with E-state index in [-0.39, 0.29) is 44.3 Å². The van der Waals surface area contributed by atoms with Gasteiger partial charge in [-0.05, 0) is 18.2 Å². The van der Waals surface area contributed by atoms with Crippen LogP contribution in [0, 0.1) is 11.6 Å². The molecule has 1 N–H and O–H groups in total. The molecule has 0 bridgehead atoms. The maximum atomic E-state index is 13.3. The number of halogens is 5. The summed E-state index contributed by atoms with van der Waals surface area (Å²) in [4.78, 5) is 5.77. The Balaban J connectivity index is 1.94. The lowest BCUT2D eigenvalue weighted by Crippen LogP contribution is -2.31. The molecule has 10 heteroatoms. The highest BCUT2D eigenvalue weighted by molar-refractivity contribution is 5.53. The maximum Gasteiger partial charge on any atom is 0.411 e. The average molecular weight is 380 g/mol. The van der Waals surface area contributed by atoms with Gasteiger partial charge in [-0.1, -0.05) is 0 Å². The first-order chi connectivity index (χ1) is 12.3. The molecule has 1 aromatic heterocycles. The number of ether oxygens (including phenoxy) is 1. The Bertz CT molecular complexity index is 705. The lowest BCUT2D eigenvalue weighted by Gasteiger charge is -2.20. The van der Waals surface area contributed by atoms with Crippen molar-refractivity contribution in [1.29, 1.82) is 0 Å². The molecule has 0 radical (unpaired) electrons. The van der Waals surface area contributed by atoms with Gasteiger partial charge in [-0.3, -0.25) is 4.90 Å². The van der Waals surface area contributed by atoms with Gasteiger partial charge in [-0.15, -0.1) is 0 Å². The minimum Gasteiger partial charge on any atom is -0.444 e. The van der Waals surface area contributed by atoms with Gasteiger partial charge in [0.2, 0.25) is 5.89 Å². The molecule has 0 fully saturated rings. The highest BCUT2D eigenvalue weighted by Gasteiger charge is 2.27. The fourth-order valence-corrected chi connectivity index (χ4v) is 2.16. The van der Waals surface area contributed by atoms with E-state index in [2.05, 4.69) is 9.72 Å². The van der Waals surface area contributed by atoms with E-state index in [0.29, 0.717) is 5.69 Å². The summed E-state index contributed by atoms with van der Waals surface area (Å²) in [5.74, 6) is -1.95. The lowest BCUT2D eigenvalue weighted by atomic mass is 10.2. The lowest BCUT2D eigenvalue weighted by molar-refractivity contribution is -0.174. The van der Waals surface area contributed by atoms with Crippen LogP contribution in [0.15, 0.2) is 28.9 Å². The van der Waals surface area contributed by atoms with Crippen LogP contribution >= 0.6 is 0 Å². The number of hydrogen-bond acceptors (Lipinski definition) is 5. The highest BCUT2D eigenvalue weighted by Crippen LogP contribution is 2.21. The molecule has 0 aliphatic heterocycles. The zero-order chi connectivity index (χ0) is 19.2. The van der Waals surface area contributed by atoms with Crippen LogP contribution in [0.4, 0.5) is 22.0 Å². The Morgan fingerprint density at radius 1 is 1.15 bits per heavy atom. The van der Waals surface area contributed by atoms with E-state index in [1.807, 2.05) is 0 Å². The summed E-state index contributed by atoms with van der Waals surface area (Å²) < 4.78 is 72.1. The van der Waals surface area contributed by atoms with E-state index in [1.54, 1.807) is 4.90 Å². The molecular formula is C16H17F5N2O3. The highest BCUT2D eigenvalue weighted by atomic mass is 19.4. The third kappa shape index (κ3) is 6.36. The van der Waals surface area contributed by atoms with Crippen molar-refractivity contribution in [3.8, 4) is 11.5 Å². The standard InChI is InChI=1S/C16H17F5N2O3/c17-13-2-1-11(7-14(13)18)15-22-12(9-26-15)8-23(3-5-24)4-6-25-10-16(19,20)21/h1-2,7,9,24H,3-6,8,10H2. The molecule has 0 atom stereocenters. The second-order valence-corrected chi connectivity index (χ2v) is 5.44. The molecule has 0 saturated carbocycles. The van der Waals surface area contributed by atoms with Gasteiger partial charge in [0.1, 0.15) is 12.9 Å². The monoisotopic (exact) mass is 380 g/mol. The molecule has 0 amide bonds. The van der Waals surface area contributed by atoms with Gasteiger partial charge in [-0.25, -0.2) is 13.8 Å². The second kappa shape index (κ2) is 9.06. The van der Waals surface area contributed by atoms with Crippen LogP contribution in [0.3, 0.4) is 0 Å². The molecule has 0 aliphatic carbocycles. The first kappa shape index (κ1) is 20.3. The van der Waals surface area contributed by atoms with Crippen LogP contribution in [0.25, 0.3) is 11.5 Å². The number of aromatic nitrogens is 1. The van der Waals surface area contributed by atoms with Crippen LogP contribution in [-0.4, -0.2) is 54.1 Å². The molecule has 2 aromatic rings. The van der Waals surface area contributed by atoms with Crippen molar-refractivity contribution in [2.45, 2.75) is 12.7 Å². The largest absolute Gasteiger partial charge is 0.444 e. The Labute approximate surface area is 146 Å². The van der Waals surface area contributed by atoms with Crippen molar-refractivity contribution in [3.63, 3.8) is 0 Å². The second-order valence-electron chi connectivity index (χ2n) is 5.44. The Morgan fingerprint density at radius 2 is 1.92 bits per heavy atom. The first-order valence-electron chi connectivity index (χ1n) is 7.66. The summed E-state index contributed by atoms with van der Waals surface area (Å²) in [5.41, 5.74) is 0.673. The van der Waals surface area contributed by atoms with E-state index >= 15 is 0 Å². The maximum absolute atomic E-state index is 13.3. The molecule has 0 unspecified atom stereocenters. The molecule has 0 aliphatic rings. The molecule has 5 nitrogen and oxygen atoms in total. The van der Waals surface area contributed by atoms with Crippen molar-refractivity contribution in [2.24, 2.45) is 0 Å². The van der Waals surface area contributed by atoms with Crippen molar-refractivity contribution in [2.75, 3.05) is 32.9 Å². The van der Waals surface area contributed by atoms with E-state index in [9.17, 15) is 22.0 Å². The minimum absolute atomic E-state index is 0.0798. The Morgan fingerprint density at radius 3 is 2.58 bits per heavy atom. The van der Waals surface area contributed by atoms with E-state index < -0.39 is 24.4 Å². The molecule has 2 rings (SSSR count). The zero-order valence-corrected chi connectivity index (χ0v) is 13.6. The molecular weight excluding hydrogens is 363 g/mol. The van der Waals surface area contributed by atoms with Gasteiger partial charge < -0.3 is 14.3 Å². The summed E-state index contributed by atoms with van der Waals surface area (Å²) in [7, 11) is 0. The van der Waals surface area contributed by atoms with Crippen LogP contribution in [-0.2, 0) is 11.3 Å². The normalized spacial score (nSPS) is 12.1. The number of hydrogen-bond donors (Lipinski definition) is 1. The zero-order valence-electron chi connectivity index (χ0n) is 13.6. The number of alkyl halides is 3. The first-order valence-corrected chi connectivity index (χ1v) is 7.66. The molecule has 1 aromatic carbocycles. The van der Waals surface area contributed by atoms with Crippen molar-refractivity contribution in [3.05, 3.63) is 41.8 Å². The van der Waals surface area contributed by atoms with Crippen LogP contribution in [0.2, 0.25) is 0 Å². The van der Waals surface area contributed by atoms with Gasteiger partial charge in [0.05, 0.1) is 18.9 Å². The van der Waals surface area contributed by atoms with E-state index in [1.165, 1.54) is 12.3 Å². The predicted molar refractivity (Wildman–Crippen MR) is 81.1 cm³/mol. The minimum atomic E-state index is -4.40. The van der Waals surface area contributed by atoms with Crippen molar-refractivity contribution >= 4 is 0 Å². The number of rotatable bonds is 9. The number of benzene rings is 1. The van der Waals surface area contributed by atoms with Gasteiger partial charge in [0.25, 0.3) is 0 Å².